The zero-order chi connectivity index (χ0) is 15.4. The fourth-order valence-corrected chi connectivity index (χ4v) is 1.91. The number of nitrogens with one attached hydrogen (secondary N) is 1. The third kappa shape index (κ3) is 3.84. The van der Waals surface area contributed by atoms with Crippen LogP contribution in [0.25, 0.3) is 0 Å². The summed E-state index contributed by atoms with van der Waals surface area (Å²) in [5, 5.41) is 21.4. The van der Waals surface area contributed by atoms with Gasteiger partial charge in [-0.05, 0) is 36.2 Å². The van der Waals surface area contributed by atoms with Gasteiger partial charge in [-0.15, -0.1) is 0 Å². The SMILES string of the molecule is N[C@@H](Cc1ccc(O)c(O)c1)C(=O)Nc1cccnc1Cl. The standard InChI is InChI=1S/C14H14ClN3O3/c15-13-10(2-1-5-17-13)18-14(21)9(16)6-8-3-4-11(19)12(20)7-8/h1-5,7,9,19-20H,6,16H2,(H,18,21)/t9-/m0/s1. The molecule has 2 rings (SSSR count). The molecule has 0 saturated carbocycles. The predicted molar refractivity (Wildman–Crippen MR) is 79.3 cm³/mol. The molecule has 0 aliphatic carbocycles. The van der Waals surface area contributed by atoms with Crippen molar-refractivity contribution in [3.8, 4) is 11.5 Å². The summed E-state index contributed by atoms with van der Waals surface area (Å²) in [6, 6.07) is 6.72. The van der Waals surface area contributed by atoms with E-state index in [1.54, 1.807) is 18.2 Å². The summed E-state index contributed by atoms with van der Waals surface area (Å²) in [7, 11) is 0. The quantitative estimate of drug-likeness (QED) is 0.507. The van der Waals surface area contributed by atoms with Crippen LogP contribution in [0.3, 0.4) is 0 Å². The maximum atomic E-state index is 12.0. The van der Waals surface area contributed by atoms with Crippen LogP contribution in [-0.2, 0) is 11.2 Å². The van der Waals surface area contributed by atoms with Crippen molar-refractivity contribution < 1.29 is 15.0 Å². The number of rotatable bonds is 4. The Bertz CT molecular complexity index is 664. The van der Waals surface area contributed by atoms with E-state index in [-0.39, 0.29) is 23.1 Å². The number of nitrogens with two attached hydrogens (primary N) is 1. The van der Waals surface area contributed by atoms with Crippen molar-refractivity contribution in [2.24, 2.45) is 5.73 Å². The summed E-state index contributed by atoms with van der Waals surface area (Å²) in [6.07, 6.45) is 1.72. The Morgan fingerprint density at radius 3 is 2.76 bits per heavy atom. The van der Waals surface area contributed by atoms with E-state index in [1.165, 1.54) is 18.3 Å². The highest BCUT2D eigenvalue weighted by atomic mass is 35.5. The van der Waals surface area contributed by atoms with Gasteiger partial charge in [-0.25, -0.2) is 4.98 Å². The second-order valence-electron chi connectivity index (χ2n) is 4.46. The van der Waals surface area contributed by atoms with E-state index in [2.05, 4.69) is 10.3 Å². The molecule has 0 spiro atoms. The van der Waals surface area contributed by atoms with Crippen molar-refractivity contribution in [3.63, 3.8) is 0 Å². The maximum absolute atomic E-state index is 12.0. The first-order chi connectivity index (χ1) is 9.97. The van der Waals surface area contributed by atoms with Crippen LogP contribution in [0.2, 0.25) is 5.15 Å². The second-order valence-corrected chi connectivity index (χ2v) is 4.82. The van der Waals surface area contributed by atoms with Gasteiger partial charge in [0.05, 0.1) is 11.7 Å². The fraction of sp³-hybridized carbons (Fsp3) is 0.143. The van der Waals surface area contributed by atoms with Gasteiger partial charge in [0.25, 0.3) is 0 Å². The Labute approximate surface area is 126 Å². The highest BCUT2D eigenvalue weighted by Gasteiger charge is 2.16. The van der Waals surface area contributed by atoms with Crippen molar-refractivity contribution in [2.75, 3.05) is 5.32 Å². The summed E-state index contributed by atoms with van der Waals surface area (Å²) in [5.74, 6) is -0.896. The number of hydrogen-bond donors (Lipinski definition) is 4. The molecule has 7 heteroatoms. The van der Waals surface area contributed by atoms with Gasteiger partial charge >= 0.3 is 0 Å². The molecule has 0 radical (unpaired) electrons. The minimum atomic E-state index is -0.829. The highest BCUT2D eigenvalue weighted by Crippen LogP contribution is 2.25. The van der Waals surface area contributed by atoms with E-state index < -0.39 is 11.9 Å². The van der Waals surface area contributed by atoms with Crippen molar-refractivity contribution >= 4 is 23.2 Å². The normalized spacial score (nSPS) is 11.9. The number of amides is 1. The zero-order valence-electron chi connectivity index (χ0n) is 11.0. The average Bonchev–Trinajstić information content (AvgIpc) is 2.45. The largest absolute Gasteiger partial charge is 0.504 e. The number of phenols is 2. The van der Waals surface area contributed by atoms with Crippen LogP contribution in [0.15, 0.2) is 36.5 Å². The lowest BCUT2D eigenvalue weighted by atomic mass is 10.1. The second kappa shape index (κ2) is 6.43. The lowest BCUT2D eigenvalue weighted by Crippen LogP contribution is -2.37. The summed E-state index contributed by atoms with van der Waals surface area (Å²) >= 11 is 5.84. The first-order valence-electron chi connectivity index (χ1n) is 6.15. The van der Waals surface area contributed by atoms with Crippen LogP contribution in [-0.4, -0.2) is 27.1 Å². The van der Waals surface area contributed by atoms with E-state index in [0.717, 1.165) is 0 Å². The number of hydrogen-bond acceptors (Lipinski definition) is 5. The number of nitrogens with zero attached hydrogens (tertiary/aromatic N) is 1. The maximum Gasteiger partial charge on any atom is 0.241 e. The molecule has 1 amide bonds. The number of pyridine rings is 1. The van der Waals surface area contributed by atoms with Gasteiger partial charge in [-0.2, -0.15) is 0 Å². The molecule has 6 nitrogen and oxygen atoms in total. The summed E-state index contributed by atoms with van der Waals surface area (Å²) in [5.41, 5.74) is 6.83. The Kier molecular flexibility index (Phi) is 4.62. The number of halogens is 1. The Hall–Kier alpha value is -2.31. The molecule has 0 aliphatic heterocycles. The summed E-state index contributed by atoms with van der Waals surface area (Å²) in [6.45, 7) is 0. The van der Waals surface area contributed by atoms with E-state index >= 15 is 0 Å². The molecule has 2 aromatic rings. The first kappa shape index (κ1) is 15.1. The first-order valence-corrected chi connectivity index (χ1v) is 6.53. The van der Waals surface area contributed by atoms with E-state index in [0.29, 0.717) is 11.3 Å². The highest BCUT2D eigenvalue weighted by molar-refractivity contribution is 6.32. The van der Waals surface area contributed by atoms with Crippen molar-refractivity contribution in [1.29, 1.82) is 0 Å². The third-order valence-electron chi connectivity index (χ3n) is 2.85. The molecule has 21 heavy (non-hydrogen) atoms. The minimum absolute atomic E-state index is 0.181. The molecule has 0 unspecified atom stereocenters. The monoisotopic (exact) mass is 307 g/mol. The number of carbonyl (C=O) groups is 1. The van der Waals surface area contributed by atoms with Gasteiger partial charge < -0.3 is 21.3 Å². The topological polar surface area (TPSA) is 108 Å². The third-order valence-corrected chi connectivity index (χ3v) is 3.15. The Balaban J connectivity index is 2.02. The minimum Gasteiger partial charge on any atom is -0.504 e. The van der Waals surface area contributed by atoms with Crippen LogP contribution < -0.4 is 11.1 Å². The molecular formula is C14H14ClN3O3. The molecule has 1 aromatic heterocycles. The van der Waals surface area contributed by atoms with Gasteiger partial charge in [0, 0.05) is 6.20 Å². The fourth-order valence-electron chi connectivity index (χ4n) is 1.75. The van der Waals surface area contributed by atoms with Gasteiger partial charge in [-0.1, -0.05) is 17.7 Å². The van der Waals surface area contributed by atoms with Crippen LogP contribution in [0.1, 0.15) is 5.56 Å². The number of phenolic OH excluding ortho intramolecular Hbond substituents is 2. The van der Waals surface area contributed by atoms with Crippen molar-refractivity contribution in [1.82, 2.24) is 4.98 Å². The molecule has 5 N–H and O–H groups in total. The van der Waals surface area contributed by atoms with Crippen LogP contribution in [0, 0.1) is 0 Å². The zero-order valence-corrected chi connectivity index (χ0v) is 11.7. The van der Waals surface area contributed by atoms with Crippen LogP contribution >= 0.6 is 11.6 Å². The van der Waals surface area contributed by atoms with Crippen molar-refractivity contribution in [2.45, 2.75) is 12.5 Å². The van der Waals surface area contributed by atoms with Crippen LogP contribution in [0.4, 0.5) is 5.69 Å². The van der Waals surface area contributed by atoms with Crippen LogP contribution in [0.5, 0.6) is 11.5 Å². The molecule has 1 atom stereocenters. The molecule has 0 bridgehead atoms. The summed E-state index contributed by atoms with van der Waals surface area (Å²) in [4.78, 5) is 15.8. The smallest absolute Gasteiger partial charge is 0.241 e. The average molecular weight is 308 g/mol. The predicted octanol–water partition coefficient (Wildman–Crippen LogP) is 1.65. The lowest BCUT2D eigenvalue weighted by molar-refractivity contribution is -0.117. The van der Waals surface area contributed by atoms with Gasteiger partial charge in [-0.3, -0.25) is 4.79 Å². The number of anilines is 1. The molecule has 110 valence electrons. The molecule has 0 saturated heterocycles. The molecular weight excluding hydrogens is 294 g/mol. The number of aromatic nitrogens is 1. The molecule has 1 aromatic carbocycles. The van der Waals surface area contributed by atoms with Gasteiger partial charge in [0.2, 0.25) is 5.91 Å². The van der Waals surface area contributed by atoms with E-state index in [9.17, 15) is 15.0 Å². The molecule has 0 fully saturated rings. The number of benzene rings is 1. The number of carbonyl (C=O) groups excluding carboxylic acids is 1. The van der Waals surface area contributed by atoms with E-state index in [4.69, 9.17) is 17.3 Å². The Morgan fingerprint density at radius 2 is 2.10 bits per heavy atom. The summed E-state index contributed by atoms with van der Waals surface area (Å²) < 4.78 is 0. The van der Waals surface area contributed by atoms with Crippen molar-refractivity contribution in [3.05, 3.63) is 47.2 Å². The van der Waals surface area contributed by atoms with Gasteiger partial charge in [0.15, 0.2) is 16.7 Å². The van der Waals surface area contributed by atoms with Gasteiger partial charge in [0.1, 0.15) is 0 Å². The number of aromatic hydroxyl groups is 2. The Morgan fingerprint density at radius 1 is 1.33 bits per heavy atom. The molecule has 1 heterocycles. The molecule has 0 aliphatic rings. The van der Waals surface area contributed by atoms with E-state index in [1.807, 2.05) is 0 Å². The lowest BCUT2D eigenvalue weighted by Gasteiger charge is -2.13.